The number of carbonyl (C=O) groups excluding carboxylic acids is 1. The molecule has 0 aliphatic carbocycles. The summed E-state index contributed by atoms with van der Waals surface area (Å²) >= 11 is 5.89. The molecule has 1 atom stereocenters. The molecule has 0 radical (unpaired) electrons. The lowest BCUT2D eigenvalue weighted by atomic mass is 10.1. The molecular formula is C12H16ClNO. The quantitative estimate of drug-likeness (QED) is 0.734. The number of benzene rings is 1. The van der Waals surface area contributed by atoms with Gasteiger partial charge in [-0.15, -0.1) is 11.6 Å². The summed E-state index contributed by atoms with van der Waals surface area (Å²) in [6.45, 7) is 1.52. The molecule has 2 nitrogen and oxygen atoms in total. The number of anilines is 1. The summed E-state index contributed by atoms with van der Waals surface area (Å²) in [6.07, 6.45) is 0.602. The van der Waals surface area contributed by atoms with Crippen molar-refractivity contribution in [1.29, 1.82) is 0 Å². The average molecular weight is 226 g/mol. The number of Topliss-reactive ketones (excluding diaryl/α,β-unsaturated/α-hetero) is 1. The molecule has 0 bridgehead atoms. The van der Waals surface area contributed by atoms with Crippen molar-refractivity contribution in [3.05, 3.63) is 29.8 Å². The van der Waals surface area contributed by atoms with E-state index in [0.29, 0.717) is 6.42 Å². The van der Waals surface area contributed by atoms with Crippen molar-refractivity contribution in [3.8, 4) is 0 Å². The second-order valence-corrected chi connectivity index (χ2v) is 4.37. The van der Waals surface area contributed by atoms with E-state index < -0.39 is 5.38 Å². The SMILES string of the molecule is CC(=O)C(Cl)Cc1ccc(N(C)C)cc1. The molecular weight excluding hydrogens is 210 g/mol. The smallest absolute Gasteiger partial charge is 0.147 e. The Hall–Kier alpha value is -1.02. The Bertz CT molecular complexity index is 332. The molecule has 0 saturated heterocycles. The van der Waals surface area contributed by atoms with Gasteiger partial charge in [-0.25, -0.2) is 0 Å². The molecule has 1 aromatic carbocycles. The van der Waals surface area contributed by atoms with Crippen LogP contribution in [0.1, 0.15) is 12.5 Å². The maximum absolute atomic E-state index is 11.0. The number of carbonyl (C=O) groups is 1. The maximum atomic E-state index is 11.0. The highest BCUT2D eigenvalue weighted by atomic mass is 35.5. The van der Waals surface area contributed by atoms with E-state index >= 15 is 0 Å². The van der Waals surface area contributed by atoms with Crippen LogP contribution in [0.3, 0.4) is 0 Å². The molecule has 0 N–H and O–H groups in total. The highest BCUT2D eigenvalue weighted by Gasteiger charge is 2.10. The van der Waals surface area contributed by atoms with Crippen LogP contribution in [0.25, 0.3) is 0 Å². The van der Waals surface area contributed by atoms with Gasteiger partial charge in [-0.1, -0.05) is 12.1 Å². The van der Waals surface area contributed by atoms with Gasteiger partial charge in [-0.3, -0.25) is 4.79 Å². The minimum absolute atomic E-state index is 0.0216. The summed E-state index contributed by atoms with van der Waals surface area (Å²) in [5.74, 6) is 0.0216. The van der Waals surface area contributed by atoms with Gasteiger partial charge in [0.05, 0.1) is 5.38 Å². The minimum Gasteiger partial charge on any atom is -0.378 e. The first-order valence-corrected chi connectivity index (χ1v) is 5.35. The second-order valence-electron chi connectivity index (χ2n) is 3.84. The van der Waals surface area contributed by atoms with Crippen LogP contribution in [0, 0.1) is 0 Å². The first kappa shape index (κ1) is 12.1. The molecule has 1 aromatic rings. The van der Waals surface area contributed by atoms with E-state index in [1.807, 2.05) is 43.3 Å². The van der Waals surface area contributed by atoms with E-state index in [-0.39, 0.29) is 5.78 Å². The third kappa shape index (κ3) is 3.56. The van der Waals surface area contributed by atoms with Crippen LogP contribution in [0.15, 0.2) is 24.3 Å². The predicted molar refractivity (Wildman–Crippen MR) is 64.8 cm³/mol. The van der Waals surface area contributed by atoms with Crippen molar-refractivity contribution in [2.75, 3.05) is 19.0 Å². The summed E-state index contributed by atoms with van der Waals surface area (Å²) in [5.41, 5.74) is 2.24. The minimum atomic E-state index is -0.407. The van der Waals surface area contributed by atoms with Crippen LogP contribution in [-0.4, -0.2) is 25.3 Å². The average Bonchev–Trinajstić information content (AvgIpc) is 2.18. The Kier molecular flexibility index (Phi) is 4.15. The molecule has 0 spiro atoms. The standard InChI is InChI=1S/C12H16ClNO/c1-9(15)12(13)8-10-4-6-11(7-5-10)14(2)3/h4-7,12H,8H2,1-3H3. The van der Waals surface area contributed by atoms with Crippen LogP contribution >= 0.6 is 11.6 Å². The molecule has 0 heterocycles. The van der Waals surface area contributed by atoms with E-state index in [4.69, 9.17) is 11.6 Å². The van der Waals surface area contributed by atoms with E-state index in [0.717, 1.165) is 11.3 Å². The highest BCUT2D eigenvalue weighted by Crippen LogP contribution is 2.15. The molecule has 0 saturated carbocycles. The van der Waals surface area contributed by atoms with Gasteiger partial charge in [0.2, 0.25) is 0 Å². The van der Waals surface area contributed by atoms with Crippen molar-refractivity contribution < 1.29 is 4.79 Å². The number of nitrogens with zero attached hydrogens (tertiary/aromatic N) is 1. The zero-order valence-corrected chi connectivity index (χ0v) is 10.1. The summed E-state index contributed by atoms with van der Waals surface area (Å²) in [7, 11) is 3.99. The first-order chi connectivity index (χ1) is 7.00. The summed E-state index contributed by atoms with van der Waals surface area (Å²) in [4.78, 5) is 13.0. The lowest BCUT2D eigenvalue weighted by molar-refractivity contribution is -0.116. The van der Waals surface area contributed by atoms with Gasteiger partial charge in [-0.05, 0) is 31.0 Å². The van der Waals surface area contributed by atoms with Gasteiger partial charge in [-0.2, -0.15) is 0 Å². The lowest BCUT2D eigenvalue weighted by Crippen LogP contribution is -2.13. The van der Waals surface area contributed by atoms with Crippen LogP contribution in [0.4, 0.5) is 5.69 Å². The van der Waals surface area contributed by atoms with Crippen LogP contribution < -0.4 is 4.90 Å². The fourth-order valence-electron chi connectivity index (χ4n) is 1.28. The van der Waals surface area contributed by atoms with Crippen molar-refractivity contribution >= 4 is 23.1 Å². The van der Waals surface area contributed by atoms with Gasteiger partial charge in [0.1, 0.15) is 5.78 Å². The Morgan fingerprint density at radius 2 is 1.87 bits per heavy atom. The van der Waals surface area contributed by atoms with Gasteiger partial charge in [0.25, 0.3) is 0 Å². The molecule has 3 heteroatoms. The molecule has 1 unspecified atom stereocenters. The van der Waals surface area contributed by atoms with Gasteiger partial charge < -0.3 is 4.90 Å². The number of halogens is 1. The number of ketones is 1. The highest BCUT2D eigenvalue weighted by molar-refractivity contribution is 6.30. The van der Waals surface area contributed by atoms with Crippen LogP contribution in [-0.2, 0) is 11.2 Å². The largest absolute Gasteiger partial charge is 0.378 e. The number of hydrogen-bond donors (Lipinski definition) is 0. The van der Waals surface area contributed by atoms with Crippen molar-refractivity contribution in [2.45, 2.75) is 18.7 Å². The zero-order chi connectivity index (χ0) is 11.4. The van der Waals surface area contributed by atoms with Crippen LogP contribution in [0.5, 0.6) is 0 Å². The fraction of sp³-hybridized carbons (Fsp3) is 0.417. The normalized spacial score (nSPS) is 12.3. The van der Waals surface area contributed by atoms with E-state index in [2.05, 4.69) is 0 Å². The van der Waals surface area contributed by atoms with Crippen molar-refractivity contribution in [2.24, 2.45) is 0 Å². The molecule has 1 rings (SSSR count). The second kappa shape index (κ2) is 5.17. The Labute approximate surface area is 95.8 Å². The predicted octanol–water partition coefficient (Wildman–Crippen LogP) is 2.49. The summed E-state index contributed by atoms with van der Waals surface area (Å²) < 4.78 is 0. The topological polar surface area (TPSA) is 20.3 Å². The summed E-state index contributed by atoms with van der Waals surface area (Å²) in [6, 6.07) is 8.07. The third-order valence-corrected chi connectivity index (χ3v) is 2.77. The molecule has 0 amide bonds. The molecule has 0 aliphatic rings. The number of rotatable bonds is 4. The Morgan fingerprint density at radius 3 is 2.27 bits per heavy atom. The van der Waals surface area contributed by atoms with Gasteiger partial charge in [0.15, 0.2) is 0 Å². The Morgan fingerprint density at radius 1 is 1.33 bits per heavy atom. The number of hydrogen-bond acceptors (Lipinski definition) is 2. The van der Waals surface area contributed by atoms with E-state index in [9.17, 15) is 4.79 Å². The van der Waals surface area contributed by atoms with Crippen molar-refractivity contribution in [3.63, 3.8) is 0 Å². The molecule has 0 aliphatic heterocycles. The number of alkyl halides is 1. The molecule has 82 valence electrons. The Balaban J connectivity index is 2.68. The van der Waals surface area contributed by atoms with E-state index in [1.165, 1.54) is 6.92 Å². The van der Waals surface area contributed by atoms with Crippen LogP contribution in [0.2, 0.25) is 0 Å². The van der Waals surface area contributed by atoms with Gasteiger partial charge >= 0.3 is 0 Å². The third-order valence-electron chi connectivity index (χ3n) is 2.31. The summed E-state index contributed by atoms with van der Waals surface area (Å²) in [5, 5.41) is -0.407. The first-order valence-electron chi connectivity index (χ1n) is 4.91. The fourth-order valence-corrected chi connectivity index (χ4v) is 1.46. The molecule has 15 heavy (non-hydrogen) atoms. The maximum Gasteiger partial charge on any atom is 0.147 e. The molecule has 0 fully saturated rings. The van der Waals surface area contributed by atoms with Crippen molar-refractivity contribution in [1.82, 2.24) is 0 Å². The van der Waals surface area contributed by atoms with E-state index in [1.54, 1.807) is 0 Å². The molecule has 0 aromatic heterocycles. The zero-order valence-electron chi connectivity index (χ0n) is 9.33. The van der Waals surface area contributed by atoms with Gasteiger partial charge in [0, 0.05) is 19.8 Å². The lowest BCUT2D eigenvalue weighted by Gasteiger charge is -2.13. The monoisotopic (exact) mass is 225 g/mol.